The Hall–Kier alpha value is -2.36. The van der Waals surface area contributed by atoms with Gasteiger partial charge < -0.3 is 10.1 Å². The van der Waals surface area contributed by atoms with E-state index in [1.807, 2.05) is 19.1 Å². The molecule has 1 amide bonds. The molecule has 0 radical (unpaired) electrons. The predicted molar refractivity (Wildman–Crippen MR) is 139 cm³/mol. The molecule has 1 aromatic heterocycles. The second-order valence-electron chi connectivity index (χ2n) is 8.91. The van der Waals surface area contributed by atoms with Gasteiger partial charge in [-0.3, -0.25) is 9.78 Å². The molecule has 0 saturated heterocycles. The lowest BCUT2D eigenvalue weighted by Gasteiger charge is -2.15. The highest BCUT2D eigenvalue weighted by Crippen LogP contribution is 2.26. The number of nitrogens with zero attached hydrogens (tertiary/aromatic N) is 1. The topological polar surface area (TPSA) is 51.2 Å². The quantitative estimate of drug-likeness (QED) is 0.231. The van der Waals surface area contributed by atoms with Gasteiger partial charge in [-0.2, -0.15) is 0 Å². The number of amides is 1. The molecule has 0 fully saturated rings. The molecular formula is C29H44N2O2. The van der Waals surface area contributed by atoms with Crippen LogP contribution >= 0.6 is 0 Å². The summed E-state index contributed by atoms with van der Waals surface area (Å²) in [4.78, 5) is 17.1. The second-order valence-corrected chi connectivity index (χ2v) is 8.91. The minimum absolute atomic E-state index is 0.116. The predicted octanol–water partition coefficient (Wildman–Crippen LogP) is 8.37. The summed E-state index contributed by atoms with van der Waals surface area (Å²) < 4.78 is 5.78. The molecule has 0 spiro atoms. The maximum Gasteiger partial charge on any atom is 0.259 e. The standard InChI is InChI=1S/C29H44N2O2/c1-3-5-6-7-8-9-10-11-12-13-14-15-16-18-25-19-17-20-27(33-4-2)28(25)29(32)31-26-21-23-30-24-22-26/h17,19-24H,3-16,18H2,1-2H3,(H,30,31,32). The van der Waals surface area contributed by atoms with E-state index in [2.05, 4.69) is 23.3 Å². The molecule has 182 valence electrons. The minimum atomic E-state index is -0.116. The first-order valence-corrected chi connectivity index (χ1v) is 13.2. The molecule has 0 aliphatic heterocycles. The summed E-state index contributed by atoms with van der Waals surface area (Å²) in [5.74, 6) is 0.547. The van der Waals surface area contributed by atoms with E-state index in [4.69, 9.17) is 4.74 Å². The van der Waals surface area contributed by atoms with Crippen LogP contribution < -0.4 is 10.1 Å². The van der Waals surface area contributed by atoms with Crippen molar-refractivity contribution in [2.24, 2.45) is 0 Å². The number of carbonyl (C=O) groups is 1. The number of ether oxygens (including phenoxy) is 1. The highest BCUT2D eigenvalue weighted by Gasteiger charge is 2.17. The maximum absolute atomic E-state index is 13.1. The van der Waals surface area contributed by atoms with E-state index >= 15 is 0 Å². The van der Waals surface area contributed by atoms with Crippen molar-refractivity contribution >= 4 is 11.6 Å². The summed E-state index contributed by atoms with van der Waals surface area (Å²) >= 11 is 0. The van der Waals surface area contributed by atoms with Crippen LogP contribution in [0.5, 0.6) is 5.75 Å². The van der Waals surface area contributed by atoms with E-state index in [1.165, 1.54) is 77.0 Å². The monoisotopic (exact) mass is 452 g/mol. The lowest BCUT2D eigenvalue weighted by molar-refractivity contribution is 0.102. The summed E-state index contributed by atoms with van der Waals surface area (Å²) in [6, 6.07) is 9.54. The van der Waals surface area contributed by atoms with Crippen LogP contribution in [-0.4, -0.2) is 17.5 Å². The Kier molecular flexibility index (Phi) is 14.0. The van der Waals surface area contributed by atoms with Crippen molar-refractivity contribution in [3.63, 3.8) is 0 Å². The van der Waals surface area contributed by atoms with Crippen LogP contribution in [0.2, 0.25) is 0 Å². The van der Waals surface area contributed by atoms with E-state index in [1.54, 1.807) is 24.5 Å². The summed E-state index contributed by atoms with van der Waals surface area (Å²) in [5, 5.41) is 2.99. The molecule has 0 unspecified atom stereocenters. The number of pyridine rings is 1. The number of anilines is 1. The van der Waals surface area contributed by atoms with Gasteiger partial charge in [0.05, 0.1) is 12.2 Å². The number of aromatic nitrogens is 1. The largest absolute Gasteiger partial charge is 0.493 e. The van der Waals surface area contributed by atoms with E-state index in [-0.39, 0.29) is 5.91 Å². The van der Waals surface area contributed by atoms with Crippen LogP contribution in [0.4, 0.5) is 5.69 Å². The normalized spacial score (nSPS) is 10.8. The molecule has 4 heteroatoms. The maximum atomic E-state index is 13.1. The Morgan fingerprint density at radius 2 is 1.36 bits per heavy atom. The molecule has 1 aromatic carbocycles. The van der Waals surface area contributed by atoms with Gasteiger partial charge in [0.25, 0.3) is 5.91 Å². The van der Waals surface area contributed by atoms with Crippen molar-refractivity contribution in [2.75, 3.05) is 11.9 Å². The number of hydrogen-bond acceptors (Lipinski definition) is 3. The number of benzene rings is 1. The SMILES string of the molecule is CCCCCCCCCCCCCCCc1cccc(OCC)c1C(=O)Nc1ccncc1. The van der Waals surface area contributed by atoms with Gasteiger partial charge in [-0.25, -0.2) is 0 Å². The molecule has 2 rings (SSSR count). The van der Waals surface area contributed by atoms with Gasteiger partial charge in [0.1, 0.15) is 5.75 Å². The average Bonchev–Trinajstić information content (AvgIpc) is 2.83. The molecule has 0 atom stereocenters. The van der Waals surface area contributed by atoms with E-state index in [0.29, 0.717) is 17.9 Å². The fourth-order valence-electron chi connectivity index (χ4n) is 4.28. The first kappa shape index (κ1) is 26.9. The molecule has 0 aliphatic rings. The second kappa shape index (κ2) is 17.2. The molecule has 0 aliphatic carbocycles. The summed E-state index contributed by atoms with van der Waals surface area (Å²) in [7, 11) is 0. The number of rotatable bonds is 18. The van der Waals surface area contributed by atoms with E-state index in [9.17, 15) is 4.79 Å². The van der Waals surface area contributed by atoms with Gasteiger partial charge >= 0.3 is 0 Å². The first-order chi connectivity index (χ1) is 16.3. The Labute approximate surface area is 201 Å². The third-order valence-electron chi connectivity index (χ3n) is 6.13. The van der Waals surface area contributed by atoms with Crippen molar-refractivity contribution < 1.29 is 9.53 Å². The Bertz CT molecular complexity index is 776. The van der Waals surface area contributed by atoms with E-state index < -0.39 is 0 Å². The zero-order valence-electron chi connectivity index (χ0n) is 20.9. The highest BCUT2D eigenvalue weighted by atomic mass is 16.5. The van der Waals surface area contributed by atoms with Crippen LogP contribution in [-0.2, 0) is 6.42 Å². The zero-order valence-corrected chi connectivity index (χ0v) is 20.9. The molecule has 1 heterocycles. The number of aryl methyl sites for hydroxylation is 1. The minimum Gasteiger partial charge on any atom is -0.493 e. The Morgan fingerprint density at radius 3 is 1.94 bits per heavy atom. The summed E-state index contributed by atoms with van der Waals surface area (Å²) in [6.07, 6.45) is 21.7. The van der Waals surface area contributed by atoms with Crippen LogP contribution in [0.25, 0.3) is 0 Å². The number of carbonyl (C=O) groups excluding carboxylic acids is 1. The van der Waals surface area contributed by atoms with Gasteiger partial charge in [0.2, 0.25) is 0 Å². The van der Waals surface area contributed by atoms with Gasteiger partial charge in [-0.1, -0.05) is 96.1 Å². The van der Waals surface area contributed by atoms with Crippen molar-refractivity contribution in [1.29, 1.82) is 0 Å². The smallest absolute Gasteiger partial charge is 0.259 e. The fraction of sp³-hybridized carbons (Fsp3) is 0.586. The average molecular weight is 453 g/mol. The molecule has 1 N–H and O–H groups in total. The van der Waals surface area contributed by atoms with Crippen molar-refractivity contribution in [3.8, 4) is 5.75 Å². The lowest BCUT2D eigenvalue weighted by atomic mass is 9.98. The van der Waals surface area contributed by atoms with Crippen molar-refractivity contribution in [1.82, 2.24) is 4.98 Å². The van der Waals surface area contributed by atoms with Crippen LogP contribution in [0.1, 0.15) is 113 Å². The van der Waals surface area contributed by atoms with Gasteiger partial charge in [-0.05, 0) is 43.5 Å². The summed E-state index contributed by atoms with van der Waals surface area (Å²) in [5.41, 5.74) is 2.47. The Morgan fingerprint density at radius 1 is 0.788 bits per heavy atom. The highest BCUT2D eigenvalue weighted by molar-refractivity contribution is 6.07. The lowest BCUT2D eigenvalue weighted by Crippen LogP contribution is -2.16. The fourth-order valence-corrected chi connectivity index (χ4v) is 4.28. The molecule has 2 aromatic rings. The van der Waals surface area contributed by atoms with Gasteiger partial charge in [-0.15, -0.1) is 0 Å². The molecule has 0 saturated carbocycles. The molecule has 0 bridgehead atoms. The third-order valence-corrected chi connectivity index (χ3v) is 6.13. The van der Waals surface area contributed by atoms with Crippen LogP contribution in [0.15, 0.2) is 42.7 Å². The number of nitrogens with one attached hydrogen (secondary N) is 1. The van der Waals surface area contributed by atoms with Crippen molar-refractivity contribution in [2.45, 2.75) is 104 Å². The summed E-state index contributed by atoms with van der Waals surface area (Å²) in [6.45, 7) is 4.76. The first-order valence-electron chi connectivity index (χ1n) is 13.2. The van der Waals surface area contributed by atoms with Crippen molar-refractivity contribution in [3.05, 3.63) is 53.9 Å². The molecule has 33 heavy (non-hydrogen) atoms. The Balaban J connectivity index is 1.72. The third kappa shape index (κ3) is 10.9. The zero-order chi connectivity index (χ0) is 23.6. The van der Waals surface area contributed by atoms with Crippen LogP contribution in [0, 0.1) is 0 Å². The van der Waals surface area contributed by atoms with E-state index in [0.717, 1.165) is 24.1 Å². The number of hydrogen-bond donors (Lipinski definition) is 1. The number of unbranched alkanes of at least 4 members (excludes halogenated alkanes) is 12. The molecular weight excluding hydrogens is 408 g/mol. The van der Waals surface area contributed by atoms with Crippen LogP contribution in [0.3, 0.4) is 0 Å². The molecule has 4 nitrogen and oxygen atoms in total. The van der Waals surface area contributed by atoms with Gasteiger partial charge in [0, 0.05) is 18.1 Å². The van der Waals surface area contributed by atoms with Gasteiger partial charge in [0.15, 0.2) is 0 Å².